The van der Waals surface area contributed by atoms with Crippen molar-refractivity contribution in [2.75, 3.05) is 7.11 Å². The number of aromatic nitrogens is 3. The van der Waals surface area contributed by atoms with E-state index in [-0.39, 0.29) is 5.41 Å². The van der Waals surface area contributed by atoms with Gasteiger partial charge in [0.25, 0.3) is 0 Å². The van der Waals surface area contributed by atoms with Crippen LogP contribution in [0.4, 0.5) is 4.79 Å². The zero-order chi connectivity index (χ0) is 17.3. The lowest BCUT2D eigenvalue weighted by Crippen LogP contribution is -2.15. The number of fused-ring (bicyclic) bond motifs is 1. The quantitative estimate of drug-likeness (QED) is 0.528. The fourth-order valence-electron chi connectivity index (χ4n) is 2.33. The maximum atomic E-state index is 11.5. The maximum Gasteiger partial charge on any atom is 0.513 e. The minimum Gasteiger partial charge on any atom is -0.437 e. The molecule has 0 aliphatic heterocycles. The second-order valence-electron chi connectivity index (χ2n) is 6.47. The average molecular weight is 325 g/mol. The second kappa shape index (κ2) is 5.96. The van der Waals surface area contributed by atoms with Crippen LogP contribution < -0.4 is 4.74 Å². The van der Waals surface area contributed by atoms with Crippen molar-refractivity contribution in [1.82, 2.24) is 15.0 Å². The van der Waals surface area contributed by atoms with Crippen molar-refractivity contribution in [3.8, 4) is 11.4 Å². The van der Waals surface area contributed by atoms with E-state index < -0.39 is 6.16 Å². The van der Waals surface area contributed by atoms with Gasteiger partial charge in [-0.3, -0.25) is 0 Å². The molecule has 0 radical (unpaired) electrons. The first-order valence-corrected chi connectivity index (χ1v) is 7.61. The predicted octanol–water partition coefficient (Wildman–Crippen LogP) is 3.86. The van der Waals surface area contributed by atoms with E-state index in [4.69, 9.17) is 4.74 Å². The van der Waals surface area contributed by atoms with Crippen LogP contribution in [0.3, 0.4) is 0 Å². The Balaban J connectivity index is 2.15. The van der Waals surface area contributed by atoms with Crippen LogP contribution in [-0.2, 0) is 10.2 Å². The number of hydrogen-bond donors (Lipinski definition) is 0. The number of carbonyl (C=O) groups is 1. The summed E-state index contributed by atoms with van der Waals surface area (Å²) in [6.07, 6.45) is -0.781. The van der Waals surface area contributed by atoms with Crippen LogP contribution >= 0.6 is 0 Å². The number of nitrogens with zero attached hydrogens (tertiary/aromatic N) is 3. The predicted molar refractivity (Wildman–Crippen MR) is 90.6 cm³/mol. The average Bonchev–Trinajstić information content (AvgIpc) is 2.97. The van der Waals surface area contributed by atoms with Gasteiger partial charge < -0.3 is 9.47 Å². The largest absolute Gasteiger partial charge is 0.513 e. The van der Waals surface area contributed by atoms with Crippen molar-refractivity contribution in [1.29, 1.82) is 0 Å². The van der Waals surface area contributed by atoms with Gasteiger partial charge in [0.2, 0.25) is 0 Å². The van der Waals surface area contributed by atoms with Gasteiger partial charge in [0.1, 0.15) is 16.7 Å². The van der Waals surface area contributed by atoms with Gasteiger partial charge in [0.05, 0.1) is 7.11 Å². The number of ether oxygens (including phenoxy) is 2. The summed E-state index contributed by atoms with van der Waals surface area (Å²) in [4.78, 5) is 13.0. The lowest BCUT2D eigenvalue weighted by molar-refractivity contribution is 0.121. The third-order valence-corrected chi connectivity index (χ3v) is 3.69. The third kappa shape index (κ3) is 3.08. The summed E-state index contributed by atoms with van der Waals surface area (Å²) in [5, 5.41) is 8.95. The van der Waals surface area contributed by atoms with Gasteiger partial charge >= 0.3 is 6.16 Å². The molecule has 6 nitrogen and oxygen atoms in total. The zero-order valence-electron chi connectivity index (χ0n) is 14.1. The molecule has 0 saturated carbocycles. The SMILES string of the molecule is COC(=O)Oc1ccc(C(C)(C)C)cc1-n1nc2ccccc2n1. The van der Waals surface area contributed by atoms with Gasteiger partial charge in [0, 0.05) is 0 Å². The third-order valence-electron chi connectivity index (χ3n) is 3.69. The van der Waals surface area contributed by atoms with E-state index in [1.807, 2.05) is 36.4 Å². The molecule has 0 N–H and O–H groups in total. The van der Waals surface area contributed by atoms with Gasteiger partial charge in [-0.1, -0.05) is 39.0 Å². The van der Waals surface area contributed by atoms with Crippen LogP contribution in [-0.4, -0.2) is 28.3 Å². The lowest BCUT2D eigenvalue weighted by Gasteiger charge is -2.20. The highest BCUT2D eigenvalue weighted by molar-refractivity contribution is 5.74. The Kier molecular flexibility index (Phi) is 3.97. The molecule has 3 aromatic rings. The van der Waals surface area contributed by atoms with Crippen molar-refractivity contribution in [2.24, 2.45) is 0 Å². The summed E-state index contributed by atoms with van der Waals surface area (Å²) in [6, 6.07) is 13.2. The number of benzene rings is 2. The van der Waals surface area contributed by atoms with E-state index in [2.05, 4.69) is 35.7 Å². The van der Waals surface area contributed by atoms with E-state index in [0.29, 0.717) is 11.4 Å². The van der Waals surface area contributed by atoms with Gasteiger partial charge in [-0.2, -0.15) is 0 Å². The Morgan fingerprint density at radius 1 is 1.04 bits per heavy atom. The molecular formula is C18H19N3O3. The monoisotopic (exact) mass is 325 g/mol. The van der Waals surface area contributed by atoms with Gasteiger partial charge in [-0.25, -0.2) is 4.79 Å². The fourth-order valence-corrected chi connectivity index (χ4v) is 2.33. The van der Waals surface area contributed by atoms with Gasteiger partial charge in [-0.15, -0.1) is 15.0 Å². The maximum absolute atomic E-state index is 11.5. The van der Waals surface area contributed by atoms with Crippen LogP contribution in [0.25, 0.3) is 16.7 Å². The molecule has 1 aromatic heterocycles. The number of methoxy groups -OCH3 is 1. The van der Waals surface area contributed by atoms with Crippen LogP contribution in [0.5, 0.6) is 5.75 Å². The van der Waals surface area contributed by atoms with E-state index in [0.717, 1.165) is 16.6 Å². The standard InChI is InChI=1S/C18H19N3O3/c1-18(2,3)12-9-10-16(24-17(22)23-4)15(11-12)21-19-13-7-5-6-8-14(13)20-21/h5-11H,1-4H3. The number of rotatable bonds is 2. The van der Waals surface area contributed by atoms with Crippen LogP contribution in [0.15, 0.2) is 42.5 Å². The Hall–Kier alpha value is -2.89. The smallest absolute Gasteiger partial charge is 0.437 e. The first-order chi connectivity index (χ1) is 11.4. The van der Waals surface area contributed by atoms with Crippen LogP contribution in [0.2, 0.25) is 0 Å². The Morgan fingerprint density at radius 3 is 2.21 bits per heavy atom. The van der Waals surface area contributed by atoms with E-state index in [9.17, 15) is 4.79 Å². The zero-order valence-corrected chi connectivity index (χ0v) is 14.1. The molecule has 0 atom stereocenters. The molecule has 0 aliphatic carbocycles. The summed E-state index contributed by atoms with van der Waals surface area (Å²) in [7, 11) is 1.27. The molecule has 0 unspecified atom stereocenters. The van der Waals surface area contributed by atoms with E-state index in [1.165, 1.54) is 11.9 Å². The molecule has 2 aromatic carbocycles. The molecule has 0 bridgehead atoms. The summed E-state index contributed by atoms with van der Waals surface area (Å²) < 4.78 is 9.84. The normalized spacial score (nSPS) is 11.5. The molecule has 6 heteroatoms. The van der Waals surface area contributed by atoms with Crippen molar-refractivity contribution in [3.63, 3.8) is 0 Å². The summed E-state index contributed by atoms with van der Waals surface area (Å²) >= 11 is 0. The topological polar surface area (TPSA) is 66.2 Å². The van der Waals surface area contributed by atoms with Crippen LogP contribution in [0, 0.1) is 0 Å². The Labute approximate surface area is 140 Å². The molecular weight excluding hydrogens is 306 g/mol. The fraction of sp³-hybridized carbons (Fsp3) is 0.278. The molecule has 0 fully saturated rings. The first kappa shape index (κ1) is 16.0. The molecule has 124 valence electrons. The highest BCUT2D eigenvalue weighted by Crippen LogP contribution is 2.30. The summed E-state index contributed by atoms with van der Waals surface area (Å²) in [6.45, 7) is 6.33. The molecule has 0 aliphatic rings. The minimum atomic E-state index is -0.781. The first-order valence-electron chi connectivity index (χ1n) is 7.61. The molecule has 0 saturated heterocycles. The Bertz CT molecular complexity index is 861. The Morgan fingerprint density at radius 2 is 1.67 bits per heavy atom. The molecule has 0 spiro atoms. The van der Waals surface area contributed by atoms with Crippen molar-refractivity contribution >= 4 is 17.2 Å². The highest BCUT2D eigenvalue weighted by atomic mass is 16.7. The molecule has 24 heavy (non-hydrogen) atoms. The van der Waals surface area contributed by atoms with Gasteiger partial charge in [0.15, 0.2) is 5.75 Å². The van der Waals surface area contributed by atoms with Crippen LogP contribution in [0.1, 0.15) is 26.3 Å². The highest BCUT2D eigenvalue weighted by Gasteiger charge is 2.19. The number of hydrogen-bond acceptors (Lipinski definition) is 5. The second-order valence-corrected chi connectivity index (χ2v) is 6.47. The van der Waals surface area contributed by atoms with E-state index in [1.54, 1.807) is 6.07 Å². The molecule has 0 amide bonds. The summed E-state index contributed by atoms with van der Waals surface area (Å²) in [5.74, 6) is 0.343. The molecule has 1 heterocycles. The number of carbonyl (C=O) groups excluding carboxylic acids is 1. The summed E-state index contributed by atoms with van der Waals surface area (Å²) in [5.41, 5.74) is 3.14. The van der Waals surface area contributed by atoms with Gasteiger partial charge in [-0.05, 0) is 35.2 Å². The van der Waals surface area contributed by atoms with E-state index >= 15 is 0 Å². The van der Waals surface area contributed by atoms with Crippen molar-refractivity contribution in [2.45, 2.75) is 26.2 Å². The van der Waals surface area contributed by atoms with Crippen molar-refractivity contribution in [3.05, 3.63) is 48.0 Å². The molecule has 3 rings (SSSR count). The van der Waals surface area contributed by atoms with Crippen molar-refractivity contribution < 1.29 is 14.3 Å². The lowest BCUT2D eigenvalue weighted by atomic mass is 9.87. The minimum absolute atomic E-state index is 0.0644.